The van der Waals surface area contributed by atoms with Crippen molar-refractivity contribution in [1.82, 2.24) is 19.6 Å². The van der Waals surface area contributed by atoms with Crippen molar-refractivity contribution in [2.45, 2.75) is 38.5 Å². The molecule has 1 fully saturated rings. The zero-order valence-electron chi connectivity index (χ0n) is 12.8. The summed E-state index contributed by atoms with van der Waals surface area (Å²) in [7, 11) is 0. The molecular formula is C17H17FN4O. The van der Waals surface area contributed by atoms with Gasteiger partial charge in [0.05, 0.1) is 5.69 Å². The quantitative estimate of drug-likeness (QED) is 0.808. The molecule has 2 aromatic heterocycles. The van der Waals surface area contributed by atoms with E-state index in [9.17, 15) is 9.18 Å². The third-order valence-corrected chi connectivity index (χ3v) is 4.52. The van der Waals surface area contributed by atoms with E-state index >= 15 is 0 Å². The SMILES string of the molecule is CCc1nc(C2CCC2)n2nc(-c3ccc(F)cc3)[nH]c(=O)c12. The van der Waals surface area contributed by atoms with Gasteiger partial charge in [0.1, 0.15) is 11.6 Å². The van der Waals surface area contributed by atoms with E-state index in [2.05, 4.69) is 15.1 Å². The van der Waals surface area contributed by atoms with Crippen LogP contribution in [0.4, 0.5) is 4.39 Å². The number of aryl methyl sites for hydroxylation is 1. The van der Waals surface area contributed by atoms with E-state index in [0.717, 1.165) is 24.4 Å². The number of aromatic nitrogens is 4. The van der Waals surface area contributed by atoms with Crippen LogP contribution in [0, 0.1) is 5.82 Å². The molecule has 5 nitrogen and oxygen atoms in total. The van der Waals surface area contributed by atoms with Gasteiger partial charge in [-0.2, -0.15) is 0 Å². The maximum absolute atomic E-state index is 13.1. The van der Waals surface area contributed by atoms with Crippen molar-refractivity contribution in [3.05, 3.63) is 52.0 Å². The van der Waals surface area contributed by atoms with Gasteiger partial charge in [-0.15, -0.1) is 5.10 Å². The van der Waals surface area contributed by atoms with Gasteiger partial charge in [0.2, 0.25) is 0 Å². The molecule has 1 aliphatic rings. The fourth-order valence-corrected chi connectivity index (χ4v) is 3.01. The van der Waals surface area contributed by atoms with Crippen molar-refractivity contribution in [1.29, 1.82) is 0 Å². The lowest BCUT2D eigenvalue weighted by Crippen LogP contribution is -2.18. The molecule has 23 heavy (non-hydrogen) atoms. The molecule has 0 aliphatic heterocycles. The van der Waals surface area contributed by atoms with Crippen LogP contribution in [-0.2, 0) is 6.42 Å². The summed E-state index contributed by atoms with van der Waals surface area (Å²) in [6.07, 6.45) is 4.05. The second-order valence-corrected chi connectivity index (χ2v) is 5.97. The molecule has 0 unspecified atom stereocenters. The number of aromatic amines is 1. The van der Waals surface area contributed by atoms with E-state index in [-0.39, 0.29) is 11.4 Å². The highest BCUT2D eigenvalue weighted by Crippen LogP contribution is 2.36. The average Bonchev–Trinajstić information content (AvgIpc) is 2.85. The number of fused-ring (bicyclic) bond motifs is 1. The zero-order valence-corrected chi connectivity index (χ0v) is 12.8. The number of rotatable bonds is 3. The Morgan fingerprint density at radius 3 is 2.65 bits per heavy atom. The van der Waals surface area contributed by atoms with Crippen LogP contribution < -0.4 is 5.56 Å². The molecular weight excluding hydrogens is 295 g/mol. The first kappa shape index (κ1) is 14.1. The molecule has 6 heteroatoms. The van der Waals surface area contributed by atoms with E-state index in [1.165, 1.54) is 18.6 Å². The molecule has 118 valence electrons. The Morgan fingerprint density at radius 1 is 1.30 bits per heavy atom. The largest absolute Gasteiger partial charge is 0.303 e. The standard InChI is InChI=1S/C17H17FN4O/c1-2-13-14-17(23)20-15(10-6-8-12(18)9-7-10)21-22(14)16(19-13)11-4-3-5-11/h6-9,11H,2-5H2,1H3,(H,20,21,23). The predicted octanol–water partition coefficient (Wildman–Crippen LogP) is 3.05. The first-order valence-corrected chi connectivity index (χ1v) is 7.95. The summed E-state index contributed by atoms with van der Waals surface area (Å²) in [6, 6.07) is 5.94. The Labute approximate surface area is 132 Å². The smallest absolute Gasteiger partial charge is 0.277 e. The Balaban J connectivity index is 1.94. The predicted molar refractivity (Wildman–Crippen MR) is 85.0 cm³/mol. The summed E-state index contributed by atoms with van der Waals surface area (Å²) in [5.74, 6) is 1.36. The highest BCUT2D eigenvalue weighted by atomic mass is 19.1. The highest BCUT2D eigenvalue weighted by Gasteiger charge is 2.27. The minimum atomic E-state index is -0.316. The monoisotopic (exact) mass is 312 g/mol. The summed E-state index contributed by atoms with van der Waals surface area (Å²) in [5.41, 5.74) is 1.79. The molecule has 0 amide bonds. The van der Waals surface area contributed by atoms with Crippen LogP contribution in [0.3, 0.4) is 0 Å². The Morgan fingerprint density at radius 2 is 2.04 bits per heavy atom. The summed E-state index contributed by atoms with van der Waals surface area (Å²) in [5, 5.41) is 4.58. The van der Waals surface area contributed by atoms with E-state index < -0.39 is 0 Å². The zero-order chi connectivity index (χ0) is 16.0. The molecule has 0 spiro atoms. The Bertz CT molecular complexity index is 922. The Hall–Kier alpha value is -2.50. The highest BCUT2D eigenvalue weighted by molar-refractivity contribution is 5.58. The van der Waals surface area contributed by atoms with Crippen molar-refractivity contribution in [3.8, 4) is 11.4 Å². The normalized spacial score (nSPS) is 15.0. The fourth-order valence-electron chi connectivity index (χ4n) is 3.01. The number of hydrogen-bond acceptors (Lipinski definition) is 3. The van der Waals surface area contributed by atoms with Crippen molar-refractivity contribution in [2.24, 2.45) is 0 Å². The van der Waals surface area contributed by atoms with Crippen molar-refractivity contribution >= 4 is 5.52 Å². The van der Waals surface area contributed by atoms with Crippen LogP contribution in [0.1, 0.15) is 43.6 Å². The van der Waals surface area contributed by atoms with Crippen LogP contribution in [0.25, 0.3) is 16.9 Å². The molecule has 1 aliphatic carbocycles. The van der Waals surface area contributed by atoms with Crippen molar-refractivity contribution in [2.75, 3.05) is 0 Å². The maximum atomic E-state index is 13.1. The van der Waals surface area contributed by atoms with Gasteiger partial charge in [-0.3, -0.25) is 4.79 Å². The van der Waals surface area contributed by atoms with Gasteiger partial charge < -0.3 is 4.98 Å². The van der Waals surface area contributed by atoms with Crippen molar-refractivity contribution < 1.29 is 4.39 Å². The van der Waals surface area contributed by atoms with Crippen molar-refractivity contribution in [3.63, 3.8) is 0 Å². The van der Waals surface area contributed by atoms with E-state index in [1.54, 1.807) is 16.6 Å². The number of H-pyrrole nitrogens is 1. The van der Waals surface area contributed by atoms with Crippen LogP contribution in [-0.4, -0.2) is 19.6 Å². The summed E-state index contributed by atoms with van der Waals surface area (Å²) >= 11 is 0. The molecule has 1 aromatic carbocycles. The second-order valence-electron chi connectivity index (χ2n) is 5.97. The molecule has 0 atom stereocenters. The topological polar surface area (TPSA) is 63.1 Å². The van der Waals surface area contributed by atoms with Gasteiger partial charge in [0, 0.05) is 11.5 Å². The lowest BCUT2D eigenvalue weighted by molar-refractivity contribution is 0.395. The molecule has 3 aromatic rings. The molecule has 0 saturated heterocycles. The summed E-state index contributed by atoms with van der Waals surface area (Å²) in [4.78, 5) is 20.0. The van der Waals surface area contributed by atoms with Gasteiger partial charge in [0.15, 0.2) is 11.3 Å². The third-order valence-electron chi connectivity index (χ3n) is 4.52. The van der Waals surface area contributed by atoms with E-state index in [4.69, 9.17) is 0 Å². The van der Waals surface area contributed by atoms with Crippen LogP contribution >= 0.6 is 0 Å². The summed E-state index contributed by atoms with van der Waals surface area (Å²) < 4.78 is 14.8. The first-order valence-electron chi connectivity index (χ1n) is 7.95. The number of hydrogen-bond donors (Lipinski definition) is 1. The van der Waals surface area contributed by atoms with E-state index in [0.29, 0.717) is 29.2 Å². The van der Waals surface area contributed by atoms with Gasteiger partial charge >= 0.3 is 0 Å². The Kier molecular flexibility index (Phi) is 3.25. The van der Waals surface area contributed by atoms with E-state index in [1.807, 2.05) is 6.92 Å². The fraction of sp³-hybridized carbons (Fsp3) is 0.353. The number of benzene rings is 1. The van der Waals surface area contributed by atoms with Crippen LogP contribution in [0.15, 0.2) is 29.1 Å². The number of nitrogens with zero attached hydrogens (tertiary/aromatic N) is 3. The van der Waals surface area contributed by atoms with Gasteiger partial charge in [0.25, 0.3) is 5.56 Å². The number of halogens is 1. The number of nitrogens with one attached hydrogen (secondary N) is 1. The molecule has 2 heterocycles. The minimum absolute atomic E-state index is 0.200. The molecule has 0 bridgehead atoms. The summed E-state index contributed by atoms with van der Waals surface area (Å²) in [6.45, 7) is 1.99. The molecule has 1 saturated carbocycles. The average molecular weight is 312 g/mol. The third kappa shape index (κ3) is 2.25. The molecule has 1 N–H and O–H groups in total. The van der Waals surface area contributed by atoms with Gasteiger partial charge in [-0.05, 0) is 43.5 Å². The minimum Gasteiger partial charge on any atom is -0.303 e. The molecule has 4 rings (SSSR count). The maximum Gasteiger partial charge on any atom is 0.277 e. The lowest BCUT2D eigenvalue weighted by atomic mass is 9.85. The van der Waals surface area contributed by atoms with Crippen LogP contribution in [0.2, 0.25) is 0 Å². The lowest BCUT2D eigenvalue weighted by Gasteiger charge is -2.23. The first-order chi connectivity index (χ1) is 11.2. The van der Waals surface area contributed by atoms with Gasteiger partial charge in [-0.25, -0.2) is 13.9 Å². The van der Waals surface area contributed by atoms with Crippen LogP contribution in [0.5, 0.6) is 0 Å². The molecule has 0 radical (unpaired) electrons. The van der Waals surface area contributed by atoms with Gasteiger partial charge in [-0.1, -0.05) is 13.3 Å². The number of imidazole rings is 1. The second kappa shape index (κ2) is 5.30.